The van der Waals surface area contributed by atoms with Crippen molar-refractivity contribution < 1.29 is 28.3 Å². The van der Waals surface area contributed by atoms with E-state index < -0.39 is 13.0 Å². The minimum Gasteiger partial charge on any atom is -0.508 e. The molecule has 0 atom stereocenters. The second-order valence-corrected chi connectivity index (χ2v) is 3.97. The Labute approximate surface area is 112 Å². The van der Waals surface area contributed by atoms with Crippen molar-refractivity contribution in [1.29, 1.82) is 0 Å². The maximum absolute atomic E-state index is 11.8. The van der Waals surface area contributed by atoms with Gasteiger partial charge in [-0.05, 0) is 12.1 Å². The first-order chi connectivity index (χ1) is 9.54. The van der Waals surface area contributed by atoms with Crippen LogP contribution in [0.3, 0.4) is 0 Å². The Hall–Kier alpha value is -2.22. The van der Waals surface area contributed by atoms with Gasteiger partial charge in [0.05, 0.1) is 6.61 Å². The number of hydrogen-bond acceptors (Lipinski definition) is 6. The molecule has 0 fully saturated rings. The molecule has 2 N–H and O–H groups in total. The van der Waals surface area contributed by atoms with E-state index in [4.69, 9.17) is 9.26 Å². The van der Waals surface area contributed by atoms with E-state index in [-0.39, 0.29) is 36.2 Å². The van der Waals surface area contributed by atoms with E-state index in [0.29, 0.717) is 5.56 Å². The van der Waals surface area contributed by atoms with Gasteiger partial charge in [0.1, 0.15) is 18.1 Å². The maximum atomic E-state index is 11.8. The largest absolute Gasteiger partial charge is 0.508 e. The summed E-state index contributed by atoms with van der Waals surface area (Å²) >= 11 is 0. The molecule has 0 saturated heterocycles. The van der Waals surface area contributed by atoms with Crippen molar-refractivity contribution in [2.75, 3.05) is 13.2 Å². The molecule has 1 aromatic heterocycles. The molecule has 2 rings (SSSR count). The number of rotatable bonds is 6. The van der Waals surface area contributed by atoms with Crippen LogP contribution in [0.4, 0.5) is 8.78 Å². The van der Waals surface area contributed by atoms with E-state index >= 15 is 0 Å². The zero-order valence-corrected chi connectivity index (χ0v) is 10.3. The van der Waals surface area contributed by atoms with Crippen molar-refractivity contribution in [3.05, 3.63) is 24.0 Å². The minimum absolute atomic E-state index is 0.0502. The number of ether oxygens (including phenoxy) is 1. The standard InChI is InChI=1S/C12H12F2N2O4/c13-10(14)6-19-2-1-11-15-12(20-16-11)7-3-8(17)5-9(18)4-7/h3-5,10,17-18H,1-2,6H2. The number of nitrogens with zero attached hydrogens (tertiary/aromatic N) is 2. The highest BCUT2D eigenvalue weighted by molar-refractivity contribution is 5.58. The fourth-order valence-corrected chi connectivity index (χ4v) is 1.53. The molecule has 0 unspecified atom stereocenters. The molecule has 0 aliphatic rings. The Morgan fingerprint density at radius 3 is 2.55 bits per heavy atom. The highest BCUT2D eigenvalue weighted by atomic mass is 19.3. The SMILES string of the molecule is Oc1cc(O)cc(-c2nc(CCOCC(F)F)no2)c1. The second kappa shape index (κ2) is 6.29. The van der Waals surface area contributed by atoms with Crippen LogP contribution in [-0.2, 0) is 11.2 Å². The molecule has 1 heterocycles. The Morgan fingerprint density at radius 1 is 1.20 bits per heavy atom. The third-order valence-electron chi connectivity index (χ3n) is 2.33. The fourth-order valence-electron chi connectivity index (χ4n) is 1.53. The van der Waals surface area contributed by atoms with E-state index in [1.165, 1.54) is 18.2 Å². The van der Waals surface area contributed by atoms with Crippen LogP contribution < -0.4 is 0 Å². The number of phenols is 2. The Bertz CT molecular complexity index is 554. The third-order valence-corrected chi connectivity index (χ3v) is 2.33. The number of phenolic OH excluding ortho intramolecular Hbond substituents is 2. The lowest BCUT2D eigenvalue weighted by molar-refractivity contribution is 0.0182. The number of aromatic nitrogens is 2. The highest BCUT2D eigenvalue weighted by Crippen LogP contribution is 2.27. The summed E-state index contributed by atoms with van der Waals surface area (Å²) in [5, 5.41) is 22.3. The summed E-state index contributed by atoms with van der Waals surface area (Å²) in [6.07, 6.45) is -2.29. The molecular formula is C12H12F2N2O4. The van der Waals surface area contributed by atoms with Gasteiger partial charge in [0.2, 0.25) is 0 Å². The van der Waals surface area contributed by atoms with Gasteiger partial charge < -0.3 is 19.5 Å². The zero-order valence-electron chi connectivity index (χ0n) is 10.3. The second-order valence-electron chi connectivity index (χ2n) is 3.97. The summed E-state index contributed by atoms with van der Waals surface area (Å²) in [6.45, 7) is -0.584. The lowest BCUT2D eigenvalue weighted by atomic mass is 10.2. The molecule has 6 nitrogen and oxygen atoms in total. The maximum Gasteiger partial charge on any atom is 0.261 e. The van der Waals surface area contributed by atoms with Crippen molar-refractivity contribution >= 4 is 0 Å². The predicted octanol–water partition coefficient (Wildman–Crippen LogP) is 1.97. The number of aromatic hydroxyl groups is 2. The van der Waals surface area contributed by atoms with E-state index in [1.807, 2.05) is 0 Å². The average Bonchev–Trinajstić information content (AvgIpc) is 2.82. The molecule has 8 heteroatoms. The molecule has 0 aliphatic heterocycles. The van der Waals surface area contributed by atoms with Crippen LogP contribution in [0.1, 0.15) is 5.82 Å². The number of halogens is 2. The molecule has 0 aliphatic carbocycles. The van der Waals surface area contributed by atoms with Crippen molar-refractivity contribution in [3.63, 3.8) is 0 Å². The van der Waals surface area contributed by atoms with E-state index in [9.17, 15) is 19.0 Å². The van der Waals surface area contributed by atoms with Gasteiger partial charge in [-0.1, -0.05) is 5.16 Å². The Balaban J connectivity index is 1.98. The van der Waals surface area contributed by atoms with Gasteiger partial charge in [0, 0.05) is 18.1 Å². The monoisotopic (exact) mass is 286 g/mol. The molecule has 0 radical (unpaired) electrons. The fraction of sp³-hybridized carbons (Fsp3) is 0.333. The van der Waals surface area contributed by atoms with Gasteiger partial charge in [-0.15, -0.1) is 0 Å². The van der Waals surface area contributed by atoms with Gasteiger partial charge in [-0.3, -0.25) is 0 Å². The van der Waals surface area contributed by atoms with Crippen LogP contribution in [0.5, 0.6) is 11.5 Å². The molecule has 1 aromatic carbocycles. The molecule has 20 heavy (non-hydrogen) atoms. The van der Waals surface area contributed by atoms with Crippen LogP contribution in [0.15, 0.2) is 22.7 Å². The lowest BCUT2D eigenvalue weighted by Gasteiger charge is -2.00. The van der Waals surface area contributed by atoms with Crippen molar-refractivity contribution in [2.24, 2.45) is 0 Å². The van der Waals surface area contributed by atoms with E-state index in [1.54, 1.807) is 0 Å². The number of alkyl halides is 2. The van der Waals surface area contributed by atoms with Gasteiger partial charge in [-0.2, -0.15) is 4.98 Å². The smallest absolute Gasteiger partial charge is 0.261 e. The topological polar surface area (TPSA) is 88.6 Å². The predicted molar refractivity (Wildman–Crippen MR) is 63.6 cm³/mol. The summed E-state index contributed by atoms with van der Waals surface area (Å²) < 4.78 is 33.3. The molecule has 0 amide bonds. The average molecular weight is 286 g/mol. The lowest BCUT2D eigenvalue weighted by Crippen LogP contribution is -2.07. The molecule has 0 saturated carbocycles. The molecular weight excluding hydrogens is 274 g/mol. The van der Waals surface area contributed by atoms with Gasteiger partial charge in [0.25, 0.3) is 12.3 Å². The molecule has 0 bridgehead atoms. The third kappa shape index (κ3) is 3.89. The first-order valence-electron chi connectivity index (χ1n) is 5.76. The summed E-state index contributed by atoms with van der Waals surface area (Å²) in [6, 6.07) is 3.87. The van der Waals surface area contributed by atoms with Crippen molar-refractivity contribution in [3.8, 4) is 23.0 Å². The normalized spacial score (nSPS) is 11.2. The molecule has 0 spiro atoms. The van der Waals surface area contributed by atoms with Gasteiger partial charge in [0.15, 0.2) is 5.82 Å². The van der Waals surface area contributed by atoms with Crippen molar-refractivity contribution in [2.45, 2.75) is 12.8 Å². The number of hydrogen-bond donors (Lipinski definition) is 2. The van der Waals surface area contributed by atoms with E-state index in [2.05, 4.69) is 10.1 Å². The van der Waals surface area contributed by atoms with Crippen molar-refractivity contribution in [1.82, 2.24) is 10.1 Å². The van der Waals surface area contributed by atoms with Crippen LogP contribution in [0, 0.1) is 0 Å². The summed E-state index contributed by atoms with van der Waals surface area (Å²) in [7, 11) is 0. The number of benzene rings is 1. The summed E-state index contributed by atoms with van der Waals surface area (Å²) in [4.78, 5) is 4.01. The van der Waals surface area contributed by atoms with Gasteiger partial charge in [-0.25, -0.2) is 8.78 Å². The van der Waals surface area contributed by atoms with Crippen LogP contribution in [-0.4, -0.2) is 40.0 Å². The first kappa shape index (κ1) is 14.2. The first-order valence-corrected chi connectivity index (χ1v) is 5.76. The molecule has 108 valence electrons. The summed E-state index contributed by atoms with van der Waals surface area (Å²) in [5.41, 5.74) is 0.356. The van der Waals surface area contributed by atoms with Gasteiger partial charge >= 0.3 is 0 Å². The summed E-state index contributed by atoms with van der Waals surface area (Å²) in [5.74, 6) is 0.122. The van der Waals surface area contributed by atoms with Crippen LogP contribution >= 0.6 is 0 Å². The zero-order chi connectivity index (χ0) is 14.5. The highest BCUT2D eigenvalue weighted by Gasteiger charge is 2.11. The Morgan fingerprint density at radius 2 is 1.90 bits per heavy atom. The van der Waals surface area contributed by atoms with Crippen LogP contribution in [0.2, 0.25) is 0 Å². The molecule has 2 aromatic rings. The van der Waals surface area contributed by atoms with E-state index in [0.717, 1.165) is 0 Å². The van der Waals surface area contributed by atoms with Crippen LogP contribution in [0.25, 0.3) is 11.5 Å². The quantitative estimate of drug-likeness (QED) is 0.789. The Kier molecular flexibility index (Phi) is 4.46. The minimum atomic E-state index is -2.51.